The Morgan fingerprint density at radius 3 is 2.00 bits per heavy atom. The molecule has 0 nitrogen and oxygen atoms in total. The molecule has 2 rings (SSSR count). The van der Waals surface area contributed by atoms with Gasteiger partial charge in [-0.05, 0) is 30.5 Å². The summed E-state index contributed by atoms with van der Waals surface area (Å²) in [6.07, 6.45) is 2.34. The quantitative estimate of drug-likeness (QED) is 0.663. The topological polar surface area (TPSA) is 0 Å². The molecule has 0 N–H and O–H groups in total. The highest BCUT2D eigenvalue weighted by atomic mass is 32.2. The minimum Gasteiger partial charge on any atom is -0.120 e. The normalized spacial score (nSPS) is 11.4. The van der Waals surface area contributed by atoms with E-state index in [0.29, 0.717) is 0 Å². The predicted octanol–water partition coefficient (Wildman–Crippen LogP) is 5.19. The number of hydrogen-bond donors (Lipinski definition) is 0. The van der Waals surface area contributed by atoms with Crippen LogP contribution in [0.15, 0.2) is 65.6 Å². The van der Waals surface area contributed by atoms with E-state index in [1.54, 1.807) is 0 Å². The average molecular weight is 256 g/mol. The molecular weight excluding hydrogens is 236 g/mol. The van der Waals surface area contributed by atoms with Crippen molar-refractivity contribution in [3.8, 4) is 0 Å². The number of benzene rings is 2. The highest BCUT2D eigenvalue weighted by Gasteiger charge is 2.18. The maximum atomic E-state index is 2.33. The van der Waals surface area contributed by atoms with Crippen LogP contribution >= 0.6 is 11.8 Å². The third-order valence-corrected chi connectivity index (χ3v) is 4.26. The third-order valence-electron chi connectivity index (χ3n) is 3.00. The summed E-state index contributed by atoms with van der Waals surface area (Å²) in [5.74, 6) is 0. The zero-order valence-electron chi connectivity index (χ0n) is 11.1. The molecule has 0 unspecified atom stereocenters. The monoisotopic (exact) mass is 256 g/mol. The Labute approximate surface area is 114 Å². The summed E-state index contributed by atoms with van der Waals surface area (Å²) in [4.78, 5) is 1.36. The van der Waals surface area contributed by atoms with E-state index in [-0.39, 0.29) is 4.75 Å². The Hall–Kier alpha value is -1.21. The van der Waals surface area contributed by atoms with Crippen LogP contribution in [0, 0.1) is 0 Å². The van der Waals surface area contributed by atoms with Crippen molar-refractivity contribution in [1.82, 2.24) is 0 Å². The van der Waals surface area contributed by atoms with Crippen molar-refractivity contribution in [2.24, 2.45) is 0 Å². The molecular formula is C17H20S. The van der Waals surface area contributed by atoms with E-state index in [2.05, 4.69) is 74.5 Å². The number of aryl methyl sites for hydroxylation is 1. The van der Waals surface area contributed by atoms with Gasteiger partial charge in [-0.15, -0.1) is 11.8 Å². The van der Waals surface area contributed by atoms with Crippen LogP contribution in [0.25, 0.3) is 0 Å². The first-order valence-corrected chi connectivity index (χ1v) is 7.25. The standard InChI is InChI=1S/C17H20S/c1-17(2,18-16-11-7-4-8-12-16)14-13-15-9-5-3-6-10-15/h3-12H,13-14H2,1-2H3. The minimum atomic E-state index is 0.275. The zero-order chi connectivity index (χ0) is 12.8. The molecule has 0 bridgehead atoms. The largest absolute Gasteiger partial charge is 0.120 e. The summed E-state index contributed by atoms with van der Waals surface area (Å²) >= 11 is 1.97. The summed E-state index contributed by atoms with van der Waals surface area (Å²) in [5, 5.41) is 0. The van der Waals surface area contributed by atoms with E-state index in [1.165, 1.54) is 16.9 Å². The maximum Gasteiger partial charge on any atom is 0.0154 e. The summed E-state index contributed by atoms with van der Waals surface area (Å²) in [7, 11) is 0. The maximum absolute atomic E-state index is 2.33. The zero-order valence-corrected chi connectivity index (χ0v) is 11.9. The molecule has 94 valence electrons. The molecule has 18 heavy (non-hydrogen) atoms. The number of hydrogen-bond acceptors (Lipinski definition) is 1. The Morgan fingerprint density at radius 1 is 0.833 bits per heavy atom. The van der Waals surface area contributed by atoms with Crippen LogP contribution in [0.5, 0.6) is 0 Å². The third kappa shape index (κ3) is 4.23. The van der Waals surface area contributed by atoms with Crippen LogP contribution in [0.4, 0.5) is 0 Å². The second kappa shape index (κ2) is 6.10. The van der Waals surface area contributed by atoms with Gasteiger partial charge < -0.3 is 0 Å². The van der Waals surface area contributed by atoms with Crippen molar-refractivity contribution in [3.63, 3.8) is 0 Å². The molecule has 0 aliphatic heterocycles. The molecule has 2 aromatic rings. The molecule has 0 saturated heterocycles. The molecule has 0 aliphatic carbocycles. The van der Waals surface area contributed by atoms with Crippen molar-refractivity contribution in [1.29, 1.82) is 0 Å². The Morgan fingerprint density at radius 2 is 1.39 bits per heavy atom. The first-order chi connectivity index (χ1) is 8.66. The van der Waals surface area contributed by atoms with Gasteiger partial charge in [0.25, 0.3) is 0 Å². The Balaban J connectivity index is 1.91. The van der Waals surface area contributed by atoms with Gasteiger partial charge in [0.2, 0.25) is 0 Å². The molecule has 0 aromatic heterocycles. The van der Waals surface area contributed by atoms with Crippen LogP contribution in [0.2, 0.25) is 0 Å². The number of thioether (sulfide) groups is 1. The first-order valence-electron chi connectivity index (χ1n) is 6.44. The van der Waals surface area contributed by atoms with Crippen molar-refractivity contribution < 1.29 is 0 Å². The van der Waals surface area contributed by atoms with Gasteiger partial charge in [-0.3, -0.25) is 0 Å². The molecule has 0 saturated carbocycles. The highest BCUT2D eigenvalue weighted by molar-refractivity contribution is 8.00. The molecule has 0 fully saturated rings. The molecule has 0 radical (unpaired) electrons. The minimum absolute atomic E-state index is 0.275. The van der Waals surface area contributed by atoms with E-state index < -0.39 is 0 Å². The molecule has 1 heteroatoms. The van der Waals surface area contributed by atoms with Crippen molar-refractivity contribution in [2.45, 2.75) is 36.3 Å². The molecule has 0 heterocycles. The summed E-state index contributed by atoms with van der Waals surface area (Å²) < 4.78 is 0.275. The lowest BCUT2D eigenvalue weighted by Gasteiger charge is -2.24. The van der Waals surface area contributed by atoms with E-state index >= 15 is 0 Å². The van der Waals surface area contributed by atoms with Crippen molar-refractivity contribution >= 4 is 11.8 Å². The van der Waals surface area contributed by atoms with E-state index in [0.717, 1.165) is 6.42 Å². The second-order valence-electron chi connectivity index (χ2n) is 5.16. The molecule has 0 spiro atoms. The second-order valence-corrected chi connectivity index (χ2v) is 6.94. The van der Waals surface area contributed by atoms with Gasteiger partial charge in [-0.2, -0.15) is 0 Å². The fourth-order valence-electron chi connectivity index (χ4n) is 1.95. The lowest BCUT2D eigenvalue weighted by atomic mass is 10.0. The fourth-order valence-corrected chi connectivity index (χ4v) is 3.08. The smallest absolute Gasteiger partial charge is 0.0154 e. The Bertz CT molecular complexity index is 459. The Kier molecular flexibility index (Phi) is 4.48. The molecule has 0 aliphatic rings. The van der Waals surface area contributed by atoms with Gasteiger partial charge in [0.15, 0.2) is 0 Å². The number of rotatable bonds is 5. The van der Waals surface area contributed by atoms with E-state index in [4.69, 9.17) is 0 Å². The van der Waals surface area contributed by atoms with E-state index in [9.17, 15) is 0 Å². The summed E-state index contributed by atoms with van der Waals surface area (Å²) in [6, 6.07) is 21.4. The van der Waals surface area contributed by atoms with Crippen molar-refractivity contribution in [3.05, 3.63) is 66.2 Å². The van der Waals surface area contributed by atoms with Crippen LogP contribution in [0.1, 0.15) is 25.8 Å². The van der Waals surface area contributed by atoms with Gasteiger partial charge in [0.1, 0.15) is 0 Å². The molecule has 0 amide bonds. The fraction of sp³-hybridized carbons (Fsp3) is 0.294. The van der Waals surface area contributed by atoms with Crippen molar-refractivity contribution in [2.75, 3.05) is 0 Å². The van der Waals surface area contributed by atoms with Gasteiger partial charge in [0, 0.05) is 9.64 Å². The average Bonchev–Trinajstić information content (AvgIpc) is 2.38. The van der Waals surface area contributed by atoms with Crippen LogP contribution in [0.3, 0.4) is 0 Å². The van der Waals surface area contributed by atoms with Crippen LogP contribution in [-0.4, -0.2) is 4.75 Å². The molecule has 0 atom stereocenters. The molecule has 2 aromatic carbocycles. The van der Waals surface area contributed by atoms with Gasteiger partial charge >= 0.3 is 0 Å². The van der Waals surface area contributed by atoms with Crippen LogP contribution < -0.4 is 0 Å². The van der Waals surface area contributed by atoms with Gasteiger partial charge in [-0.1, -0.05) is 62.4 Å². The van der Waals surface area contributed by atoms with Gasteiger partial charge in [0.05, 0.1) is 0 Å². The summed E-state index contributed by atoms with van der Waals surface area (Å²) in [5.41, 5.74) is 1.43. The van der Waals surface area contributed by atoms with E-state index in [1.807, 2.05) is 11.8 Å². The van der Waals surface area contributed by atoms with Crippen LogP contribution in [-0.2, 0) is 6.42 Å². The first kappa shape index (κ1) is 13.2. The lowest BCUT2D eigenvalue weighted by Crippen LogP contribution is -2.15. The predicted molar refractivity (Wildman–Crippen MR) is 81.1 cm³/mol. The summed E-state index contributed by atoms with van der Waals surface area (Å²) in [6.45, 7) is 4.65. The van der Waals surface area contributed by atoms with Gasteiger partial charge in [-0.25, -0.2) is 0 Å². The lowest BCUT2D eigenvalue weighted by molar-refractivity contribution is 0.639. The highest BCUT2D eigenvalue weighted by Crippen LogP contribution is 2.35. The SMILES string of the molecule is CC(C)(CCc1ccccc1)Sc1ccccc1.